The van der Waals surface area contributed by atoms with Crippen molar-refractivity contribution in [3.8, 4) is 0 Å². The van der Waals surface area contributed by atoms with Gasteiger partial charge in [-0.15, -0.1) is 0 Å². The predicted octanol–water partition coefficient (Wildman–Crippen LogP) is 4.37. The molecular formula is C20H30N4. The first kappa shape index (κ1) is 18.5. The number of rotatable bonds is 6. The van der Waals surface area contributed by atoms with Crippen molar-refractivity contribution in [3.05, 3.63) is 47.6 Å². The van der Waals surface area contributed by atoms with Crippen LogP contribution in [0, 0.1) is 17.8 Å². The van der Waals surface area contributed by atoms with Crippen LogP contribution in [0.1, 0.15) is 63.9 Å². The van der Waals surface area contributed by atoms with Crippen LogP contribution in [-0.2, 0) is 19.3 Å². The summed E-state index contributed by atoms with van der Waals surface area (Å²) in [5, 5.41) is 0. The third-order valence-corrected chi connectivity index (χ3v) is 3.99. The van der Waals surface area contributed by atoms with Gasteiger partial charge in [-0.1, -0.05) is 34.6 Å². The lowest BCUT2D eigenvalue weighted by molar-refractivity contribution is 0.323. The van der Waals surface area contributed by atoms with Gasteiger partial charge in [0.2, 0.25) is 0 Å². The minimum Gasteiger partial charge on any atom is -0.261 e. The number of aromatic nitrogens is 4. The maximum atomic E-state index is 4.79. The van der Waals surface area contributed by atoms with Gasteiger partial charge in [-0.2, -0.15) is 0 Å². The highest BCUT2D eigenvalue weighted by Crippen LogP contribution is 2.26. The lowest BCUT2D eigenvalue weighted by Gasteiger charge is -2.24. The summed E-state index contributed by atoms with van der Waals surface area (Å²) in [5.41, 5.74) is 3.55. The van der Waals surface area contributed by atoms with Gasteiger partial charge in [-0.05, 0) is 43.1 Å². The summed E-state index contributed by atoms with van der Waals surface area (Å²) in [6.45, 7) is 13.2. The second kappa shape index (κ2) is 7.37. The molecule has 2 aromatic rings. The molecule has 0 amide bonds. The Morgan fingerprint density at radius 1 is 0.917 bits per heavy atom. The van der Waals surface area contributed by atoms with Crippen LogP contribution in [0.25, 0.3) is 0 Å². The van der Waals surface area contributed by atoms with Crippen molar-refractivity contribution in [1.29, 1.82) is 0 Å². The molecule has 4 nitrogen and oxygen atoms in total. The van der Waals surface area contributed by atoms with Gasteiger partial charge < -0.3 is 0 Å². The average molecular weight is 326 g/mol. The molecule has 0 radical (unpaired) electrons. The van der Waals surface area contributed by atoms with Crippen LogP contribution >= 0.6 is 0 Å². The average Bonchev–Trinajstić information content (AvgIpc) is 2.43. The van der Waals surface area contributed by atoms with Crippen molar-refractivity contribution >= 4 is 0 Å². The fourth-order valence-corrected chi connectivity index (χ4v) is 2.77. The van der Waals surface area contributed by atoms with E-state index in [1.54, 1.807) is 0 Å². The summed E-state index contributed by atoms with van der Waals surface area (Å²) in [7, 11) is 0. The molecule has 0 atom stereocenters. The van der Waals surface area contributed by atoms with Crippen LogP contribution < -0.4 is 0 Å². The largest absolute Gasteiger partial charge is 0.261 e. The molecule has 24 heavy (non-hydrogen) atoms. The van der Waals surface area contributed by atoms with E-state index in [2.05, 4.69) is 49.6 Å². The molecular weight excluding hydrogens is 296 g/mol. The second-order valence-corrected chi connectivity index (χ2v) is 8.69. The van der Waals surface area contributed by atoms with E-state index in [9.17, 15) is 0 Å². The highest BCUT2D eigenvalue weighted by atomic mass is 14.9. The SMILES string of the molecule is Cc1ccnc(CC(C)(C)CCc2cncc(CC(C)(C)C)n2)n1. The van der Waals surface area contributed by atoms with Crippen molar-refractivity contribution in [1.82, 2.24) is 19.9 Å². The molecule has 0 unspecified atom stereocenters. The van der Waals surface area contributed by atoms with E-state index in [1.807, 2.05) is 31.6 Å². The van der Waals surface area contributed by atoms with Crippen LogP contribution in [0.5, 0.6) is 0 Å². The Morgan fingerprint density at radius 3 is 2.29 bits per heavy atom. The molecule has 0 aliphatic rings. The van der Waals surface area contributed by atoms with Crippen LogP contribution in [-0.4, -0.2) is 19.9 Å². The summed E-state index contributed by atoms with van der Waals surface area (Å²) < 4.78 is 0. The monoisotopic (exact) mass is 326 g/mol. The molecule has 0 N–H and O–H groups in total. The van der Waals surface area contributed by atoms with Crippen LogP contribution in [0.15, 0.2) is 24.7 Å². The number of nitrogens with zero attached hydrogens (tertiary/aromatic N) is 4. The summed E-state index contributed by atoms with van der Waals surface area (Å²) in [5.74, 6) is 0.924. The Bertz CT molecular complexity index is 671. The van der Waals surface area contributed by atoms with Gasteiger partial charge in [0.05, 0.1) is 11.4 Å². The molecule has 2 aromatic heterocycles. The summed E-state index contributed by atoms with van der Waals surface area (Å²) in [6, 6.07) is 1.94. The smallest absolute Gasteiger partial charge is 0.129 e. The minimum absolute atomic E-state index is 0.134. The number of aryl methyl sites for hydroxylation is 2. The molecule has 0 saturated heterocycles. The van der Waals surface area contributed by atoms with Gasteiger partial charge in [0.1, 0.15) is 5.82 Å². The summed E-state index contributed by atoms with van der Waals surface area (Å²) in [4.78, 5) is 18.1. The van der Waals surface area contributed by atoms with Crippen LogP contribution in [0.2, 0.25) is 0 Å². The first-order valence-corrected chi connectivity index (χ1v) is 8.71. The van der Waals surface area contributed by atoms with Gasteiger partial charge in [-0.25, -0.2) is 9.97 Å². The molecule has 0 spiro atoms. The number of hydrogen-bond donors (Lipinski definition) is 0. The van der Waals surface area contributed by atoms with Gasteiger partial charge >= 0.3 is 0 Å². The van der Waals surface area contributed by atoms with Gasteiger partial charge in [0, 0.05) is 30.7 Å². The predicted molar refractivity (Wildman–Crippen MR) is 97.8 cm³/mol. The van der Waals surface area contributed by atoms with Gasteiger partial charge in [0.15, 0.2) is 0 Å². The zero-order chi connectivity index (χ0) is 17.8. The molecule has 0 fully saturated rings. The normalized spacial score (nSPS) is 12.4. The molecule has 0 aromatic carbocycles. The standard InChI is InChI=1S/C20H30N4/c1-15-8-10-22-18(23-15)12-20(5,6)9-7-16-13-21-14-17(24-16)11-19(2,3)4/h8,10,13-14H,7,9,11-12H2,1-6H3. The van der Waals surface area contributed by atoms with E-state index >= 15 is 0 Å². The molecule has 0 bridgehead atoms. The molecule has 2 rings (SSSR count). The maximum Gasteiger partial charge on any atom is 0.129 e. The van der Waals surface area contributed by atoms with E-state index in [4.69, 9.17) is 4.98 Å². The molecule has 2 heterocycles. The van der Waals surface area contributed by atoms with Crippen LogP contribution in [0.4, 0.5) is 0 Å². The second-order valence-electron chi connectivity index (χ2n) is 8.69. The maximum absolute atomic E-state index is 4.79. The Labute approximate surface area is 146 Å². The molecule has 4 heteroatoms. The zero-order valence-corrected chi connectivity index (χ0v) is 15.9. The molecule has 130 valence electrons. The van der Waals surface area contributed by atoms with E-state index in [1.165, 1.54) is 0 Å². The van der Waals surface area contributed by atoms with E-state index < -0.39 is 0 Å². The van der Waals surface area contributed by atoms with Gasteiger partial charge in [-0.3, -0.25) is 9.97 Å². The highest BCUT2D eigenvalue weighted by Gasteiger charge is 2.21. The van der Waals surface area contributed by atoms with Crippen molar-refractivity contribution in [3.63, 3.8) is 0 Å². The summed E-state index contributed by atoms with van der Waals surface area (Å²) >= 11 is 0. The number of hydrogen-bond acceptors (Lipinski definition) is 4. The first-order valence-electron chi connectivity index (χ1n) is 8.71. The van der Waals surface area contributed by atoms with Crippen molar-refractivity contribution < 1.29 is 0 Å². The topological polar surface area (TPSA) is 51.6 Å². The first-order chi connectivity index (χ1) is 11.1. The quantitative estimate of drug-likeness (QED) is 0.791. The fourth-order valence-electron chi connectivity index (χ4n) is 2.77. The molecule has 0 aliphatic heterocycles. The van der Waals surface area contributed by atoms with E-state index in [-0.39, 0.29) is 10.8 Å². The van der Waals surface area contributed by atoms with Crippen molar-refractivity contribution in [2.75, 3.05) is 0 Å². The zero-order valence-electron chi connectivity index (χ0n) is 15.9. The van der Waals surface area contributed by atoms with Gasteiger partial charge in [0.25, 0.3) is 0 Å². The lowest BCUT2D eigenvalue weighted by Crippen LogP contribution is -2.19. The lowest BCUT2D eigenvalue weighted by atomic mass is 9.83. The third-order valence-electron chi connectivity index (χ3n) is 3.99. The van der Waals surface area contributed by atoms with E-state index in [0.29, 0.717) is 0 Å². The minimum atomic E-state index is 0.134. The summed E-state index contributed by atoms with van der Waals surface area (Å²) in [6.07, 6.45) is 9.43. The van der Waals surface area contributed by atoms with E-state index in [0.717, 1.165) is 48.6 Å². The Hall–Kier alpha value is -1.84. The fraction of sp³-hybridized carbons (Fsp3) is 0.600. The third kappa shape index (κ3) is 6.34. The van der Waals surface area contributed by atoms with Crippen molar-refractivity contribution in [2.45, 2.75) is 67.2 Å². The Kier molecular flexibility index (Phi) is 5.68. The Morgan fingerprint density at radius 2 is 1.62 bits per heavy atom. The Balaban J connectivity index is 1.97. The highest BCUT2D eigenvalue weighted by molar-refractivity contribution is 5.06. The molecule has 0 saturated carbocycles. The van der Waals surface area contributed by atoms with Crippen LogP contribution in [0.3, 0.4) is 0 Å². The molecule has 0 aliphatic carbocycles. The van der Waals surface area contributed by atoms with Crippen molar-refractivity contribution in [2.24, 2.45) is 10.8 Å².